The zero-order valence-corrected chi connectivity index (χ0v) is 18.4. The Morgan fingerprint density at radius 3 is 2.42 bits per heavy atom. The molecule has 0 spiro atoms. The first-order valence-electron chi connectivity index (χ1n) is 11.7. The van der Waals surface area contributed by atoms with Gasteiger partial charge in [0.1, 0.15) is 5.69 Å². The minimum Gasteiger partial charge on any atom is -0.390 e. The number of amides is 1. The van der Waals surface area contributed by atoms with E-state index in [2.05, 4.69) is 12.2 Å². The van der Waals surface area contributed by atoms with E-state index in [-0.39, 0.29) is 17.7 Å². The van der Waals surface area contributed by atoms with E-state index in [1.807, 2.05) is 43.4 Å². The molecule has 4 fully saturated rings. The molecule has 0 radical (unpaired) electrons. The SMILES string of the molecule is CCCc1cc(C(=O)c2ccccc2)n(C)c1C(=O)NC1C2CC3CC1CC(O)(C3)C2. The molecule has 0 saturated heterocycles. The van der Waals surface area contributed by atoms with Gasteiger partial charge in [-0.1, -0.05) is 43.7 Å². The van der Waals surface area contributed by atoms with Crippen LogP contribution in [0.25, 0.3) is 0 Å². The highest BCUT2D eigenvalue weighted by atomic mass is 16.3. The highest BCUT2D eigenvalue weighted by Gasteiger charge is 2.55. The van der Waals surface area contributed by atoms with E-state index in [1.54, 1.807) is 4.57 Å². The van der Waals surface area contributed by atoms with Crippen molar-refractivity contribution in [2.24, 2.45) is 24.8 Å². The van der Waals surface area contributed by atoms with Crippen molar-refractivity contribution in [1.29, 1.82) is 0 Å². The van der Waals surface area contributed by atoms with E-state index >= 15 is 0 Å². The Morgan fingerprint density at radius 2 is 1.81 bits per heavy atom. The van der Waals surface area contributed by atoms with Gasteiger partial charge in [0.15, 0.2) is 0 Å². The van der Waals surface area contributed by atoms with Gasteiger partial charge < -0.3 is 15.0 Å². The van der Waals surface area contributed by atoms with Crippen LogP contribution in [0.1, 0.15) is 77.6 Å². The normalized spacial score (nSPS) is 31.1. The first-order chi connectivity index (χ1) is 14.9. The second kappa shape index (κ2) is 7.63. The molecular formula is C26H32N2O3. The van der Waals surface area contributed by atoms with Gasteiger partial charge in [-0.3, -0.25) is 9.59 Å². The number of benzene rings is 1. The summed E-state index contributed by atoms with van der Waals surface area (Å²) in [5.41, 5.74) is 2.22. The van der Waals surface area contributed by atoms with Gasteiger partial charge in [0.25, 0.3) is 5.91 Å². The van der Waals surface area contributed by atoms with Crippen LogP contribution in [0.2, 0.25) is 0 Å². The zero-order valence-electron chi connectivity index (χ0n) is 18.4. The van der Waals surface area contributed by atoms with Crippen molar-refractivity contribution < 1.29 is 14.7 Å². The van der Waals surface area contributed by atoms with Crippen LogP contribution in [0.3, 0.4) is 0 Å². The number of hydrogen-bond acceptors (Lipinski definition) is 3. The van der Waals surface area contributed by atoms with Gasteiger partial charge in [0.05, 0.1) is 11.3 Å². The summed E-state index contributed by atoms with van der Waals surface area (Å²) in [5, 5.41) is 14.2. The monoisotopic (exact) mass is 420 g/mol. The summed E-state index contributed by atoms with van der Waals surface area (Å²) in [6.45, 7) is 2.09. The fourth-order valence-corrected chi connectivity index (χ4v) is 6.82. The van der Waals surface area contributed by atoms with Gasteiger partial charge >= 0.3 is 0 Å². The van der Waals surface area contributed by atoms with Crippen molar-refractivity contribution in [3.05, 3.63) is 58.9 Å². The molecule has 2 atom stereocenters. The van der Waals surface area contributed by atoms with Crippen LogP contribution in [0, 0.1) is 17.8 Å². The number of nitrogens with one attached hydrogen (secondary N) is 1. The maximum absolute atomic E-state index is 13.5. The molecule has 5 nitrogen and oxygen atoms in total. The average molecular weight is 421 g/mol. The minimum absolute atomic E-state index is 0.0589. The molecule has 2 aromatic rings. The molecule has 1 aromatic heterocycles. The van der Waals surface area contributed by atoms with Crippen LogP contribution in [-0.2, 0) is 13.5 Å². The molecule has 4 aliphatic rings. The third-order valence-electron chi connectivity index (χ3n) is 7.85. The first kappa shape index (κ1) is 20.5. The number of aliphatic hydroxyl groups is 1. The number of aryl methyl sites for hydroxylation is 1. The molecule has 164 valence electrons. The average Bonchev–Trinajstić information content (AvgIpc) is 3.06. The Balaban J connectivity index is 1.42. The highest BCUT2D eigenvalue weighted by molar-refractivity contribution is 6.09. The smallest absolute Gasteiger partial charge is 0.268 e. The molecule has 1 aromatic carbocycles. The third-order valence-corrected chi connectivity index (χ3v) is 7.85. The van der Waals surface area contributed by atoms with E-state index in [4.69, 9.17) is 0 Å². The van der Waals surface area contributed by atoms with Crippen molar-refractivity contribution in [2.45, 2.75) is 63.5 Å². The van der Waals surface area contributed by atoms with Crippen LogP contribution in [0.5, 0.6) is 0 Å². The van der Waals surface area contributed by atoms with Gasteiger partial charge in [0, 0.05) is 18.7 Å². The number of hydrogen-bond donors (Lipinski definition) is 2. The molecule has 4 aliphatic carbocycles. The van der Waals surface area contributed by atoms with Crippen LogP contribution >= 0.6 is 0 Å². The lowest BCUT2D eigenvalue weighted by Gasteiger charge is -2.58. The fraction of sp³-hybridized carbons (Fsp3) is 0.538. The maximum atomic E-state index is 13.5. The summed E-state index contributed by atoms with van der Waals surface area (Å²) in [6, 6.07) is 11.3. The van der Waals surface area contributed by atoms with Gasteiger partial charge in [0.2, 0.25) is 5.78 Å². The second-order valence-corrected chi connectivity index (χ2v) is 10.1. The summed E-state index contributed by atoms with van der Waals surface area (Å²) < 4.78 is 1.78. The van der Waals surface area contributed by atoms with E-state index in [0.717, 1.165) is 50.5 Å². The summed E-state index contributed by atoms with van der Waals surface area (Å²) in [7, 11) is 1.82. The summed E-state index contributed by atoms with van der Waals surface area (Å²) in [5.74, 6) is 1.19. The van der Waals surface area contributed by atoms with Crippen molar-refractivity contribution in [3.63, 3.8) is 0 Å². The number of aromatic nitrogens is 1. The van der Waals surface area contributed by atoms with Gasteiger partial charge in [-0.2, -0.15) is 0 Å². The molecule has 1 heterocycles. The molecular weight excluding hydrogens is 388 g/mol. The maximum Gasteiger partial charge on any atom is 0.268 e. The van der Waals surface area contributed by atoms with Crippen molar-refractivity contribution in [2.75, 3.05) is 0 Å². The van der Waals surface area contributed by atoms with E-state index < -0.39 is 5.60 Å². The summed E-state index contributed by atoms with van der Waals surface area (Å²) >= 11 is 0. The Hall–Kier alpha value is -2.40. The third kappa shape index (κ3) is 3.53. The Labute approximate surface area is 183 Å². The predicted molar refractivity (Wildman–Crippen MR) is 119 cm³/mol. The Kier molecular flexibility index (Phi) is 5.04. The molecule has 4 bridgehead atoms. The molecule has 5 heteroatoms. The number of nitrogens with zero attached hydrogens (tertiary/aromatic N) is 1. The van der Waals surface area contributed by atoms with Crippen molar-refractivity contribution in [3.8, 4) is 0 Å². The molecule has 2 unspecified atom stereocenters. The van der Waals surface area contributed by atoms with Gasteiger partial charge in [-0.15, -0.1) is 0 Å². The van der Waals surface area contributed by atoms with E-state index in [1.165, 1.54) is 0 Å². The van der Waals surface area contributed by atoms with Crippen LogP contribution in [0.4, 0.5) is 0 Å². The Morgan fingerprint density at radius 1 is 1.13 bits per heavy atom. The van der Waals surface area contributed by atoms with E-state index in [0.29, 0.717) is 34.7 Å². The summed E-state index contributed by atoms with van der Waals surface area (Å²) in [6.07, 6.45) is 6.43. The van der Waals surface area contributed by atoms with Crippen LogP contribution < -0.4 is 5.32 Å². The van der Waals surface area contributed by atoms with Crippen LogP contribution in [0.15, 0.2) is 36.4 Å². The van der Waals surface area contributed by atoms with Crippen LogP contribution in [-0.4, -0.2) is 33.0 Å². The summed E-state index contributed by atoms with van der Waals surface area (Å²) in [4.78, 5) is 26.6. The molecule has 4 saturated carbocycles. The van der Waals surface area contributed by atoms with Crippen molar-refractivity contribution in [1.82, 2.24) is 9.88 Å². The topological polar surface area (TPSA) is 71.3 Å². The number of rotatable bonds is 6. The Bertz CT molecular complexity index is 993. The predicted octanol–water partition coefficient (Wildman–Crippen LogP) is 3.88. The quantitative estimate of drug-likeness (QED) is 0.697. The molecule has 1 amide bonds. The molecule has 0 aliphatic heterocycles. The number of ketones is 1. The number of carbonyl (C=O) groups excluding carboxylic acids is 2. The van der Waals surface area contributed by atoms with Gasteiger partial charge in [-0.05, 0) is 67.9 Å². The largest absolute Gasteiger partial charge is 0.390 e. The van der Waals surface area contributed by atoms with Crippen molar-refractivity contribution >= 4 is 11.7 Å². The molecule has 6 rings (SSSR count). The highest BCUT2D eigenvalue weighted by Crippen LogP contribution is 2.55. The van der Waals surface area contributed by atoms with E-state index in [9.17, 15) is 14.7 Å². The lowest BCUT2D eigenvalue weighted by Crippen LogP contribution is -2.61. The fourth-order valence-electron chi connectivity index (χ4n) is 6.82. The number of carbonyl (C=O) groups is 2. The second-order valence-electron chi connectivity index (χ2n) is 10.1. The first-order valence-corrected chi connectivity index (χ1v) is 11.7. The lowest BCUT2D eigenvalue weighted by molar-refractivity contribution is -0.137. The lowest BCUT2D eigenvalue weighted by atomic mass is 9.52. The minimum atomic E-state index is -0.509. The molecule has 31 heavy (non-hydrogen) atoms. The zero-order chi connectivity index (χ0) is 21.8. The standard InChI is InChI=1S/C26H32N2O3/c1-3-7-18-12-21(24(29)17-8-5-4-6-9-17)28(2)23(18)25(30)27-22-19-10-16-11-20(22)15-26(31,13-16)14-19/h4-6,8-9,12,16,19-20,22,31H,3,7,10-11,13-15H2,1-2H3,(H,27,30). The molecule has 2 N–H and O–H groups in total. The van der Waals surface area contributed by atoms with Gasteiger partial charge in [-0.25, -0.2) is 0 Å².